The largest absolute Gasteiger partial charge is 0.356 e. The molecular formula is C11H24FNO2. The summed E-state index contributed by atoms with van der Waals surface area (Å²) in [6, 6.07) is 0. The van der Waals surface area contributed by atoms with Crippen LogP contribution in [-0.4, -0.2) is 40.3 Å². The lowest BCUT2D eigenvalue weighted by molar-refractivity contribution is -0.115. The van der Waals surface area contributed by atoms with Crippen molar-refractivity contribution in [3.05, 3.63) is 0 Å². The molecule has 0 radical (unpaired) electrons. The highest BCUT2D eigenvalue weighted by Gasteiger charge is 2.17. The van der Waals surface area contributed by atoms with Gasteiger partial charge in [-0.25, -0.2) is 0 Å². The van der Waals surface area contributed by atoms with Gasteiger partial charge in [-0.2, -0.15) is 0 Å². The molecule has 4 heteroatoms. The fourth-order valence-corrected chi connectivity index (χ4v) is 1.68. The minimum absolute atomic E-state index is 0.00639. The van der Waals surface area contributed by atoms with Crippen molar-refractivity contribution in [3.63, 3.8) is 0 Å². The zero-order valence-electron chi connectivity index (χ0n) is 10.1. The SMILES string of the molecule is CCF.COC(CC1CCNCC1)OC. The summed E-state index contributed by atoms with van der Waals surface area (Å²) in [6.45, 7) is 3.50. The Morgan fingerprint density at radius 1 is 1.27 bits per heavy atom. The first-order valence-electron chi connectivity index (χ1n) is 5.60. The first kappa shape index (κ1) is 14.8. The van der Waals surface area contributed by atoms with Crippen LogP contribution in [0.4, 0.5) is 4.39 Å². The fraction of sp³-hybridized carbons (Fsp3) is 1.00. The number of halogens is 1. The molecule has 0 bridgehead atoms. The molecule has 0 saturated carbocycles. The molecule has 92 valence electrons. The molecule has 1 aliphatic heterocycles. The Morgan fingerprint density at radius 3 is 2.13 bits per heavy atom. The van der Waals surface area contributed by atoms with Gasteiger partial charge in [0.25, 0.3) is 0 Å². The van der Waals surface area contributed by atoms with E-state index >= 15 is 0 Å². The van der Waals surface area contributed by atoms with Gasteiger partial charge in [0.05, 0.1) is 6.67 Å². The van der Waals surface area contributed by atoms with E-state index in [4.69, 9.17) is 9.47 Å². The van der Waals surface area contributed by atoms with Gasteiger partial charge in [-0.3, -0.25) is 4.39 Å². The number of alkyl halides is 1. The van der Waals surface area contributed by atoms with Crippen molar-refractivity contribution in [1.29, 1.82) is 0 Å². The Balaban J connectivity index is 0.000000583. The van der Waals surface area contributed by atoms with Crippen LogP contribution in [0.5, 0.6) is 0 Å². The smallest absolute Gasteiger partial charge is 0.157 e. The second kappa shape index (κ2) is 10.3. The van der Waals surface area contributed by atoms with Gasteiger partial charge in [0.15, 0.2) is 6.29 Å². The van der Waals surface area contributed by atoms with Crippen molar-refractivity contribution in [2.24, 2.45) is 5.92 Å². The van der Waals surface area contributed by atoms with E-state index in [9.17, 15) is 4.39 Å². The molecule has 0 aliphatic carbocycles. The minimum atomic E-state index is -0.250. The number of rotatable bonds is 4. The van der Waals surface area contributed by atoms with Gasteiger partial charge in [0.1, 0.15) is 0 Å². The lowest BCUT2D eigenvalue weighted by Gasteiger charge is -2.25. The Morgan fingerprint density at radius 2 is 1.73 bits per heavy atom. The summed E-state index contributed by atoms with van der Waals surface area (Å²) >= 11 is 0. The van der Waals surface area contributed by atoms with Gasteiger partial charge in [-0.1, -0.05) is 0 Å². The second-order valence-corrected chi connectivity index (χ2v) is 3.60. The number of ether oxygens (including phenoxy) is 2. The molecule has 15 heavy (non-hydrogen) atoms. The molecule has 1 N–H and O–H groups in total. The number of hydrogen-bond acceptors (Lipinski definition) is 3. The van der Waals surface area contributed by atoms with Crippen LogP contribution in [0.3, 0.4) is 0 Å². The molecule has 1 fully saturated rings. The highest BCUT2D eigenvalue weighted by molar-refractivity contribution is 4.69. The molecule has 0 atom stereocenters. The lowest BCUT2D eigenvalue weighted by atomic mass is 9.94. The van der Waals surface area contributed by atoms with Crippen LogP contribution in [0.2, 0.25) is 0 Å². The van der Waals surface area contributed by atoms with Crippen molar-refractivity contribution in [2.45, 2.75) is 32.5 Å². The monoisotopic (exact) mass is 221 g/mol. The molecule has 1 aliphatic rings. The van der Waals surface area contributed by atoms with Crippen LogP contribution in [0, 0.1) is 5.92 Å². The molecule has 1 heterocycles. The Kier molecular flexibility index (Phi) is 10.2. The second-order valence-electron chi connectivity index (χ2n) is 3.60. The first-order chi connectivity index (χ1) is 7.28. The predicted molar refractivity (Wildman–Crippen MR) is 59.7 cm³/mol. The third kappa shape index (κ3) is 7.71. The number of methoxy groups -OCH3 is 2. The molecule has 3 nitrogen and oxygen atoms in total. The van der Waals surface area contributed by atoms with E-state index in [0.29, 0.717) is 0 Å². The topological polar surface area (TPSA) is 30.5 Å². The molecule has 0 amide bonds. The van der Waals surface area contributed by atoms with Gasteiger partial charge < -0.3 is 14.8 Å². The molecule has 0 aromatic rings. The van der Waals surface area contributed by atoms with E-state index in [0.717, 1.165) is 25.4 Å². The zero-order chi connectivity index (χ0) is 11.5. The summed E-state index contributed by atoms with van der Waals surface area (Å²) in [5.41, 5.74) is 0. The van der Waals surface area contributed by atoms with Crippen molar-refractivity contribution in [3.8, 4) is 0 Å². The van der Waals surface area contributed by atoms with Crippen LogP contribution >= 0.6 is 0 Å². The summed E-state index contributed by atoms with van der Waals surface area (Å²) in [4.78, 5) is 0. The molecule has 0 aromatic carbocycles. The standard InChI is InChI=1S/C9H19NO2.C2H5F/c1-11-9(12-2)7-8-3-5-10-6-4-8;1-2-3/h8-10H,3-7H2,1-2H3;2H2,1H3. The van der Waals surface area contributed by atoms with Crippen molar-refractivity contribution < 1.29 is 13.9 Å². The quantitative estimate of drug-likeness (QED) is 0.736. The van der Waals surface area contributed by atoms with Gasteiger partial charge in [-0.05, 0) is 38.8 Å². The van der Waals surface area contributed by atoms with Crippen LogP contribution in [0.1, 0.15) is 26.2 Å². The molecule has 1 saturated heterocycles. The molecule has 0 spiro atoms. The normalized spacial score (nSPS) is 17.4. The van der Waals surface area contributed by atoms with Gasteiger partial charge in [-0.15, -0.1) is 0 Å². The highest BCUT2D eigenvalue weighted by atomic mass is 19.1. The van der Waals surface area contributed by atoms with E-state index in [1.807, 2.05) is 0 Å². The third-order valence-corrected chi connectivity index (χ3v) is 2.51. The fourth-order valence-electron chi connectivity index (χ4n) is 1.68. The summed E-state index contributed by atoms with van der Waals surface area (Å²) in [6.07, 6.45) is 3.54. The lowest BCUT2D eigenvalue weighted by Crippen LogP contribution is -2.30. The van der Waals surface area contributed by atoms with Crippen molar-refractivity contribution >= 4 is 0 Å². The van der Waals surface area contributed by atoms with E-state index < -0.39 is 0 Å². The van der Waals surface area contributed by atoms with Gasteiger partial charge >= 0.3 is 0 Å². The van der Waals surface area contributed by atoms with Gasteiger partial charge in [0.2, 0.25) is 0 Å². The van der Waals surface area contributed by atoms with Gasteiger partial charge in [0, 0.05) is 20.6 Å². The number of hydrogen-bond donors (Lipinski definition) is 1. The summed E-state index contributed by atoms with van der Waals surface area (Å²) in [5.74, 6) is 0.774. The average Bonchev–Trinajstić information content (AvgIpc) is 2.28. The van der Waals surface area contributed by atoms with E-state index in [-0.39, 0.29) is 13.0 Å². The van der Waals surface area contributed by atoms with Crippen LogP contribution in [-0.2, 0) is 9.47 Å². The summed E-state index contributed by atoms with van der Waals surface area (Å²) in [5, 5.41) is 3.34. The zero-order valence-corrected chi connectivity index (χ0v) is 10.1. The Bertz CT molecular complexity index is 126. The molecule has 0 unspecified atom stereocenters. The third-order valence-electron chi connectivity index (χ3n) is 2.51. The maximum Gasteiger partial charge on any atom is 0.157 e. The van der Waals surface area contributed by atoms with E-state index in [1.54, 1.807) is 14.2 Å². The Hall–Kier alpha value is -0.190. The molecular weight excluding hydrogens is 197 g/mol. The first-order valence-corrected chi connectivity index (χ1v) is 5.60. The van der Waals surface area contributed by atoms with Crippen molar-refractivity contribution in [2.75, 3.05) is 34.0 Å². The summed E-state index contributed by atoms with van der Waals surface area (Å²) in [7, 11) is 3.41. The average molecular weight is 221 g/mol. The maximum atomic E-state index is 10.3. The van der Waals surface area contributed by atoms with Crippen LogP contribution in [0.25, 0.3) is 0 Å². The minimum Gasteiger partial charge on any atom is -0.356 e. The van der Waals surface area contributed by atoms with Crippen LogP contribution < -0.4 is 5.32 Å². The highest BCUT2D eigenvalue weighted by Crippen LogP contribution is 2.19. The number of nitrogens with one attached hydrogen (secondary N) is 1. The number of piperidine rings is 1. The summed E-state index contributed by atoms with van der Waals surface area (Å²) < 4.78 is 20.6. The van der Waals surface area contributed by atoms with E-state index in [2.05, 4.69) is 5.32 Å². The van der Waals surface area contributed by atoms with Crippen LogP contribution in [0.15, 0.2) is 0 Å². The van der Waals surface area contributed by atoms with Crippen molar-refractivity contribution in [1.82, 2.24) is 5.32 Å². The maximum absolute atomic E-state index is 10.3. The molecule has 0 aromatic heterocycles. The van der Waals surface area contributed by atoms with E-state index in [1.165, 1.54) is 19.8 Å². The molecule has 1 rings (SSSR count). The predicted octanol–water partition coefficient (Wildman–Crippen LogP) is 1.97. The Labute approximate surface area is 92.3 Å².